The first-order chi connectivity index (χ1) is 6.02. The summed E-state index contributed by atoms with van der Waals surface area (Å²) in [5, 5.41) is 10.7. The van der Waals surface area contributed by atoms with Gasteiger partial charge >= 0.3 is 0 Å². The molecule has 13 heavy (non-hydrogen) atoms. The van der Waals surface area contributed by atoms with E-state index < -0.39 is 5.54 Å². The average Bonchev–Trinajstić information content (AvgIpc) is 2.05. The molecule has 4 nitrogen and oxygen atoms in total. The van der Waals surface area contributed by atoms with Crippen molar-refractivity contribution < 1.29 is 9.66 Å². The Balaban J connectivity index is 2.41. The predicted molar refractivity (Wildman–Crippen MR) is 49.2 cm³/mol. The van der Waals surface area contributed by atoms with Crippen molar-refractivity contribution in [2.75, 3.05) is 13.2 Å². The van der Waals surface area contributed by atoms with E-state index in [4.69, 9.17) is 4.74 Å². The number of ether oxygens (including phenoxy) is 1. The van der Waals surface area contributed by atoms with Crippen LogP contribution in [0.5, 0.6) is 0 Å². The van der Waals surface area contributed by atoms with Gasteiger partial charge in [0.2, 0.25) is 5.54 Å². The van der Waals surface area contributed by atoms with Gasteiger partial charge in [0.05, 0.1) is 0 Å². The molecule has 1 aliphatic heterocycles. The molecule has 0 radical (unpaired) electrons. The van der Waals surface area contributed by atoms with Crippen LogP contribution >= 0.6 is 0 Å². The molecule has 0 aliphatic carbocycles. The number of hydrogen-bond donors (Lipinski definition) is 0. The van der Waals surface area contributed by atoms with Crippen LogP contribution in [0.4, 0.5) is 0 Å². The molecule has 1 saturated heterocycles. The standard InChI is InChI=1S/C9H17NO3/c1-9(2,10(11)12)6-8-4-3-5-13-7-8/h8H,3-7H2,1-2H3. The van der Waals surface area contributed by atoms with Crippen LogP contribution in [-0.4, -0.2) is 23.7 Å². The van der Waals surface area contributed by atoms with Gasteiger partial charge in [-0.1, -0.05) is 0 Å². The fourth-order valence-electron chi connectivity index (χ4n) is 1.75. The maximum atomic E-state index is 10.7. The Hall–Kier alpha value is -0.640. The molecule has 0 aromatic heterocycles. The normalized spacial score (nSPS) is 24.3. The Morgan fingerprint density at radius 2 is 2.31 bits per heavy atom. The summed E-state index contributed by atoms with van der Waals surface area (Å²) in [6.45, 7) is 4.87. The van der Waals surface area contributed by atoms with E-state index in [0.717, 1.165) is 19.4 Å². The second-order valence-corrected chi connectivity index (χ2v) is 4.36. The van der Waals surface area contributed by atoms with Gasteiger partial charge in [-0.25, -0.2) is 0 Å². The number of rotatable bonds is 3. The molecule has 0 spiro atoms. The molecule has 0 saturated carbocycles. The third kappa shape index (κ3) is 2.95. The molecule has 4 heteroatoms. The quantitative estimate of drug-likeness (QED) is 0.500. The molecular weight excluding hydrogens is 170 g/mol. The van der Waals surface area contributed by atoms with Crippen molar-refractivity contribution in [1.82, 2.24) is 0 Å². The van der Waals surface area contributed by atoms with E-state index in [0.29, 0.717) is 18.9 Å². The van der Waals surface area contributed by atoms with Gasteiger partial charge in [-0.2, -0.15) is 0 Å². The monoisotopic (exact) mass is 187 g/mol. The summed E-state index contributed by atoms with van der Waals surface area (Å²) < 4.78 is 5.29. The summed E-state index contributed by atoms with van der Waals surface area (Å²) in [6, 6.07) is 0. The van der Waals surface area contributed by atoms with Crippen LogP contribution in [0.25, 0.3) is 0 Å². The predicted octanol–water partition coefficient (Wildman–Crippen LogP) is 1.86. The zero-order valence-corrected chi connectivity index (χ0v) is 8.28. The second kappa shape index (κ2) is 4.05. The Morgan fingerprint density at radius 1 is 1.62 bits per heavy atom. The molecule has 76 valence electrons. The molecule has 0 aromatic rings. The summed E-state index contributed by atoms with van der Waals surface area (Å²) >= 11 is 0. The minimum Gasteiger partial charge on any atom is -0.381 e. The highest BCUT2D eigenvalue weighted by atomic mass is 16.6. The van der Waals surface area contributed by atoms with E-state index in [-0.39, 0.29) is 4.92 Å². The van der Waals surface area contributed by atoms with Crippen molar-refractivity contribution in [2.45, 2.75) is 38.6 Å². The van der Waals surface area contributed by atoms with Gasteiger partial charge in [-0.05, 0) is 18.8 Å². The van der Waals surface area contributed by atoms with E-state index in [1.165, 1.54) is 0 Å². The van der Waals surface area contributed by atoms with E-state index >= 15 is 0 Å². The first-order valence-electron chi connectivity index (χ1n) is 4.74. The Labute approximate surface area is 78.4 Å². The lowest BCUT2D eigenvalue weighted by Crippen LogP contribution is -2.35. The summed E-state index contributed by atoms with van der Waals surface area (Å²) in [4.78, 5) is 10.5. The van der Waals surface area contributed by atoms with Gasteiger partial charge < -0.3 is 4.74 Å². The minimum atomic E-state index is -0.800. The molecule has 1 aliphatic rings. The van der Waals surface area contributed by atoms with Gasteiger partial charge in [0.25, 0.3) is 0 Å². The van der Waals surface area contributed by atoms with E-state index in [1.807, 2.05) is 0 Å². The van der Waals surface area contributed by atoms with E-state index in [9.17, 15) is 10.1 Å². The van der Waals surface area contributed by atoms with Crippen molar-refractivity contribution >= 4 is 0 Å². The van der Waals surface area contributed by atoms with Crippen molar-refractivity contribution in [3.8, 4) is 0 Å². The zero-order valence-electron chi connectivity index (χ0n) is 8.28. The topological polar surface area (TPSA) is 52.4 Å². The largest absolute Gasteiger partial charge is 0.381 e. The smallest absolute Gasteiger partial charge is 0.217 e. The van der Waals surface area contributed by atoms with Crippen LogP contribution in [-0.2, 0) is 4.74 Å². The van der Waals surface area contributed by atoms with Gasteiger partial charge in [-0.15, -0.1) is 0 Å². The van der Waals surface area contributed by atoms with Gasteiger partial charge in [0.1, 0.15) is 0 Å². The molecule has 0 N–H and O–H groups in total. The fourth-order valence-corrected chi connectivity index (χ4v) is 1.75. The number of nitrogens with zero attached hydrogens (tertiary/aromatic N) is 1. The lowest BCUT2D eigenvalue weighted by atomic mass is 9.88. The maximum absolute atomic E-state index is 10.7. The molecule has 1 rings (SSSR count). The highest BCUT2D eigenvalue weighted by Gasteiger charge is 2.34. The molecule has 1 fully saturated rings. The summed E-state index contributed by atoms with van der Waals surface area (Å²) in [6.07, 6.45) is 2.73. The molecule has 1 atom stereocenters. The zero-order chi connectivity index (χ0) is 9.90. The van der Waals surface area contributed by atoms with Crippen molar-refractivity contribution in [1.29, 1.82) is 0 Å². The molecule has 0 amide bonds. The van der Waals surface area contributed by atoms with E-state index in [2.05, 4.69) is 0 Å². The maximum Gasteiger partial charge on any atom is 0.217 e. The Kier molecular flexibility index (Phi) is 3.25. The Morgan fingerprint density at radius 3 is 2.77 bits per heavy atom. The van der Waals surface area contributed by atoms with Crippen LogP contribution in [0.1, 0.15) is 33.1 Å². The molecular formula is C9H17NO3. The van der Waals surface area contributed by atoms with Crippen LogP contribution in [0.3, 0.4) is 0 Å². The SMILES string of the molecule is CC(C)(CC1CCCOC1)[N+](=O)[O-]. The van der Waals surface area contributed by atoms with Gasteiger partial charge in [0.15, 0.2) is 0 Å². The second-order valence-electron chi connectivity index (χ2n) is 4.36. The average molecular weight is 187 g/mol. The highest BCUT2D eigenvalue weighted by Crippen LogP contribution is 2.25. The Bertz CT molecular complexity index is 185. The van der Waals surface area contributed by atoms with Crippen LogP contribution in [0.2, 0.25) is 0 Å². The summed E-state index contributed by atoms with van der Waals surface area (Å²) in [5.41, 5.74) is -0.800. The molecule has 0 aromatic carbocycles. The third-order valence-electron chi connectivity index (χ3n) is 2.54. The molecule has 1 heterocycles. The molecule has 1 unspecified atom stereocenters. The van der Waals surface area contributed by atoms with Crippen molar-refractivity contribution in [2.24, 2.45) is 5.92 Å². The highest BCUT2D eigenvalue weighted by molar-refractivity contribution is 4.74. The van der Waals surface area contributed by atoms with Crippen LogP contribution < -0.4 is 0 Å². The third-order valence-corrected chi connectivity index (χ3v) is 2.54. The van der Waals surface area contributed by atoms with Gasteiger partial charge in [-0.3, -0.25) is 10.1 Å². The number of nitro groups is 1. The van der Waals surface area contributed by atoms with E-state index in [1.54, 1.807) is 13.8 Å². The molecule has 0 bridgehead atoms. The summed E-state index contributed by atoms with van der Waals surface area (Å²) in [7, 11) is 0. The fraction of sp³-hybridized carbons (Fsp3) is 1.00. The first-order valence-corrected chi connectivity index (χ1v) is 4.74. The van der Waals surface area contributed by atoms with Crippen molar-refractivity contribution in [3.05, 3.63) is 10.1 Å². The number of hydrogen-bond acceptors (Lipinski definition) is 3. The van der Waals surface area contributed by atoms with Crippen LogP contribution in [0.15, 0.2) is 0 Å². The van der Waals surface area contributed by atoms with Crippen LogP contribution in [0, 0.1) is 16.0 Å². The van der Waals surface area contributed by atoms with Crippen molar-refractivity contribution in [3.63, 3.8) is 0 Å². The summed E-state index contributed by atoms with van der Waals surface area (Å²) in [5.74, 6) is 0.370. The first kappa shape index (κ1) is 10.4. The lowest BCUT2D eigenvalue weighted by Gasteiger charge is -2.26. The lowest BCUT2D eigenvalue weighted by molar-refractivity contribution is -0.563. The minimum absolute atomic E-state index is 0.193. The van der Waals surface area contributed by atoms with Gasteiger partial charge in [0, 0.05) is 38.4 Å².